The molecule has 1 aliphatic rings. The van der Waals surface area contributed by atoms with E-state index in [0.29, 0.717) is 38.1 Å². The van der Waals surface area contributed by atoms with Gasteiger partial charge in [-0.25, -0.2) is 4.79 Å². The van der Waals surface area contributed by atoms with Crippen LogP contribution in [0.5, 0.6) is 17.2 Å². The highest BCUT2D eigenvalue weighted by Gasteiger charge is 2.38. The number of aryl methyl sites for hydroxylation is 1. The summed E-state index contributed by atoms with van der Waals surface area (Å²) in [5, 5.41) is 9.71. The topological polar surface area (TPSA) is 104 Å². The molecule has 1 atom stereocenters. The van der Waals surface area contributed by atoms with E-state index in [0.717, 1.165) is 0 Å². The summed E-state index contributed by atoms with van der Waals surface area (Å²) in [5.41, 5.74) is 7.27. The maximum Gasteiger partial charge on any atom is 0.342 e. The highest BCUT2D eigenvalue weighted by Crippen LogP contribution is 2.52. The van der Waals surface area contributed by atoms with E-state index in [1.165, 1.54) is 32.7 Å². The number of methoxy groups -OCH3 is 3. The standard InChI is InChI=1S/C19H18N2O5S/c1-9-13(19(22)25-4)16-17(27-9)14(11(8-20)18(21)26-16)10-6-5-7-12(23-2)15(10)24-3/h5-7,14H,21H2,1-4H3/t14-/m1/s1. The lowest BCUT2D eigenvalue weighted by molar-refractivity contribution is 0.0597. The largest absolute Gasteiger partial charge is 0.493 e. The zero-order chi connectivity index (χ0) is 19.7. The van der Waals surface area contributed by atoms with Crippen molar-refractivity contribution in [1.29, 1.82) is 5.26 Å². The third-order valence-electron chi connectivity index (χ3n) is 4.35. The van der Waals surface area contributed by atoms with Crippen LogP contribution in [0.15, 0.2) is 29.7 Å². The number of carbonyl (C=O) groups is 1. The summed E-state index contributed by atoms with van der Waals surface area (Å²) in [6.45, 7) is 1.79. The highest BCUT2D eigenvalue weighted by molar-refractivity contribution is 7.12. The quantitative estimate of drug-likeness (QED) is 0.805. The molecule has 27 heavy (non-hydrogen) atoms. The first-order valence-electron chi connectivity index (χ1n) is 7.98. The van der Waals surface area contributed by atoms with Crippen molar-refractivity contribution < 1.29 is 23.7 Å². The summed E-state index contributed by atoms with van der Waals surface area (Å²) >= 11 is 1.35. The number of ether oxygens (including phenoxy) is 4. The third kappa shape index (κ3) is 2.86. The Kier molecular flexibility index (Phi) is 4.97. The number of hydrogen-bond acceptors (Lipinski definition) is 8. The van der Waals surface area contributed by atoms with Crippen LogP contribution in [-0.4, -0.2) is 27.3 Å². The Balaban J connectivity index is 2.31. The van der Waals surface area contributed by atoms with Crippen LogP contribution in [0, 0.1) is 18.3 Å². The van der Waals surface area contributed by atoms with Crippen molar-refractivity contribution in [3.63, 3.8) is 0 Å². The Morgan fingerprint density at radius 3 is 2.63 bits per heavy atom. The first-order chi connectivity index (χ1) is 13.0. The number of carbonyl (C=O) groups excluding carboxylic acids is 1. The minimum absolute atomic E-state index is 0.0529. The predicted molar refractivity (Wildman–Crippen MR) is 99.2 cm³/mol. The molecule has 0 spiro atoms. The number of hydrogen-bond donors (Lipinski definition) is 1. The fraction of sp³-hybridized carbons (Fsp3) is 0.263. The fourth-order valence-electron chi connectivity index (χ4n) is 3.17. The normalized spacial score (nSPS) is 15.4. The zero-order valence-electron chi connectivity index (χ0n) is 15.3. The van der Waals surface area contributed by atoms with E-state index >= 15 is 0 Å². The Bertz CT molecular complexity index is 987. The Hall–Kier alpha value is -3.18. The van der Waals surface area contributed by atoms with Gasteiger partial charge in [0.15, 0.2) is 17.2 Å². The van der Waals surface area contributed by atoms with Crippen molar-refractivity contribution in [2.45, 2.75) is 12.8 Å². The lowest BCUT2D eigenvalue weighted by Crippen LogP contribution is -2.21. The number of rotatable bonds is 4. The lowest BCUT2D eigenvalue weighted by atomic mass is 9.87. The van der Waals surface area contributed by atoms with Crippen LogP contribution in [0.2, 0.25) is 0 Å². The van der Waals surface area contributed by atoms with Crippen LogP contribution in [0.1, 0.15) is 31.6 Å². The van der Waals surface area contributed by atoms with Gasteiger partial charge < -0.3 is 24.7 Å². The summed E-state index contributed by atoms with van der Waals surface area (Å²) < 4.78 is 21.5. The van der Waals surface area contributed by atoms with Gasteiger partial charge in [0.1, 0.15) is 17.2 Å². The molecule has 0 saturated carbocycles. The Morgan fingerprint density at radius 2 is 2.04 bits per heavy atom. The number of fused-ring (bicyclic) bond motifs is 1. The molecule has 140 valence electrons. The van der Waals surface area contributed by atoms with Gasteiger partial charge in [-0.3, -0.25) is 0 Å². The molecule has 2 aromatic rings. The van der Waals surface area contributed by atoms with Crippen molar-refractivity contribution in [2.24, 2.45) is 5.73 Å². The molecule has 0 fully saturated rings. The van der Waals surface area contributed by atoms with Gasteiger partial charge >= 0.3 is 5.97 Å². The number of nitrogens with two attached hydrogens (primary N) is 1. The molecular weight excluding hydrogens is 368 g/mol. The molecule has 2 N–H and O–H groups in total. The van der Waals surface area contributed by atoms with Crippen molar-refractivity contribution in [2.75, 3.05) is 21.3 Å². The molecule has 1 aromatic heterocycles. The van der Waals surface area contributed by atoms with E-state index in [1.807, 2.05) is 6.07 Å². The smallest absolute Gasteiger partial charge is 0.342 e. The van der Waals surface area contributed by atoms with E-state index in [-0.39, 0.29) is 11.5 Å². The van der Waals surface area contributed by atoms with Gasteiger partial charge in [-0.05, 0) is 13.0 Å². The Labute approximate surface area is 160 Å². The van der Waals surface area contributed by atoms with Gasteiger partial charge in [0.2, 0.25) is 5.88 Å². The molecule has 7 nitrogen and oxygen atoms in total. The van der Waals surface area contributed by atoms with Gasteiger partial charge in [0, 0.05) is 10.4 Å². The number of nitrogens with zero attached hydrogens (tertiary/aromatic N) is 1. The zero-order valence-corrected chi connectivity index (χ0v) is 16.1. The van der Waals surface area contributed by atoms with Crippen LogP contribution in [0.25, 0.3) is 0 Å². The molecule has 3 rings (SSSR count). The number of allylic oxidation sites excluding steroid dienone is 1. The first kappa shape index (κ1) is 18.6. The number of thiophene rings is 1. The van der Waals surface area contributed by atoms with Crippen molar-refractivity contribution in [3.8, 4) is 23.3 Å². The molecule has 2 heterocycles. The van der Waals surface area contributed by atoms with Crippen LogP contribution in [-0.2, 0) is 4.74 Å². The maximum atomic E-state index is 12.2. The second-order valence-electron chi connectivity index (χ2n) is 5.73. The minimum Gasteiger partial charge on any atom is -0.493 e. The highest BCUT2D eigenvalue weighted by atomic mass is 32.1. The van der Waals surface area contributed by atoms with Crippen molar-refractivity contribution in [3.05, 3.63) is 50.5 Å². The fourth-order valence-corrected chi connectivity index (χ4v) is 4.38. The molecule has 1 aromatic carbocycles. The molecule has 0 amide bonds. The minimum atomic E-state index is -0.550. The van der Waals surface area contributed by atoms with Crippen LogP contribution < -0.4 is 19.9 Å². The Morgan fingerprint density at radius 1 is 1.30 bits per heavy atom. The molecule has 0 unspecified atom stereocenters. The van der Waals surface area contributed by atoms with Gasteiger partial charge in [-0.2, -0.15) is 5.26 Å². The van der Waals surface area contributed by atoms with Gasteiger partial charge in [-0.1, -0.05) is 12.1 Å². The number of esters is 1. The molecule has 0 bridgehead atoms. The van der Waals surface area contributed by atoms with E-state index in [9.17, 15) is 10.1 Å². The summed E-state index contributed by atoms with van der Waals surface area (Å²) in [6.07, 6.45) is 0. The van der Waals surface area contributed by atoms with Gasteiger partial charge in [-0.15, -0.1) is 11.3 Å². The third-order valence-corrected chi connectivity index (χ3v) is 5.50. The maximum absolute atomic E-state index is 12.2. The van der Waals surface area contributed by atoms with E-state index in [4.69, 9.17) is 24.7 Å². The van der Waals surface area contributed by atoms with Crippen molar-refractivity contribution >= 4 is 17.3 Å². The van der Waals surface area contributed by atoms with E-state index in [1.54, 1.807) is 19.1 Å². The molecular formula is C19H18N2O5S. The van der Waals surface area contributed by atoms with E-state index < -0.39 is 11.9 Å². The molecule has 8 heteroatoms. The molecule has 0 radical (unpaired) electrons. The predicted octanol–water partition coefficient (Wildman–Crippen LogP) is 3.08. The summed E-state index contributed by atoms with van der Waals surface area (Å²) in [5.74, 6) is 0.212. The molecule has 1 aliphatic heterocycles. The average molecular weight is 386 g/mol. The first-order valence-corrected chi connectivity index (χ1v) is 8.80. The second-order valence-corrected chi connectivity index (χ2v) is 6.98. The lowest BCUT2D eigenvalue weighted by Gasteiger charge is -2.25. The van der Waals surface area contributed by atoms with Crippen LogP contribution in [0.4, 0.5) is 0 Å². The summed E-state index contributed by atoms with van der Waals surface area (Å²) in [7, 11) is 4.37. The average Bonchev–Trinajstić information content (AvgIpc) is 3.00. The SMILES string of the molecule is COC(=O)c1c(C)sc2c1OC(N)=C(C#N)[C@H]2c1cccc(OC)c1OC. The number of para-hydroxylation sites is 1. The monoisotopic (exact) mass is 386 g/mol. The van der Waals surface area contributed by atoms with Gasteiger partial charge in [0.25, 0.3) is 0 Å². The van der Waals surface area contributed by atoms with E-state index in [2.05, 4.69) is 6.07 Å². The number of benzene rings is 1. The van der Waals surface area contributed by atoms with Crippen LogP contribution in [0.3, 0.4) is 0 Å². The molecule has 0 aliphatic carbocycles. The summed E-state index contributed by atoms with van der Waals surface area (Å²) in [4.78, 5) is 13.6. The van der Waals surface area contributed by atoms with Crippen molar-refractivity contribution in [1.82, 2.24) is 0 Å². The second kappa shape index (κ2) is 7.21. The summed E-state index contributed by atoms with van der Waals surface area (Å²) in [6, 6.07) is 7.53. The molecule has 0 saturated heterocycles. The van der Waals surface area contributed by atoms with Crippen LogP contribution >= 0.6 is 11.3 Å². The van der Waals surface area contributed by atoms with Gasteiger partial charge in [0.05, 0.1) is 32.1 Å². The number of nitriles is 1.